The van der Waals surface area contributed by atoms with E-state index in [4.69, 9.17) is 4.74 Å². The quantitative estimate of drug-likeness (QED) is 0.428. The maximum absolute atomic E-state index is 11.3. The van der Waals surface area contributed by atoms with Crippen molar-refractivity contribution >= 4 is 11.5 Å². The van der Waals surface area contributed by atoms with Crippen LogP contribution in [0.1, 0.15) is 33.0 Å². The fourth-order valence-corrected chi connectivity index (χ4v) is 1.69. The van der Waals surface area contributed by atoms with E-state index in [0.717, 1.165) is 6.42 Å². The van der Waals surface area contributed by atoms with Gasteiger partial charge in [-0.25, -0.2) is 4.98 Å². The van der Waals surface area contributed by atoms with Gasteiger partial charge in [0.15, 0.2) is 0 Å². The molecule has 0 saturated heterocycles. The van der Waals surface area contributed by atoms with Crippen molar-refractivity contribution in [1.29, 1.82) is 0 Å². The Labute approximate surface area is 124 Å². The van der Waals surface area contributed by atoms with Crippen molar-refractivity contribution < 1.29 is 9.66 Å². The van der Waals surface area contributed by atoms with E-state index in [1.165, 1.54) is 0 Å². The summed E-state index contributed by atoms with van der Waals surface area (Å²) >= 11 is 0. The molecule has 0 bridgehead atoms. The van der Waals surface area contributed by atoms with Crippen LogP contribution in [0.25, 0.3) is 0 Å². The van der Waals surface area contributed by atoms with Crippen LogP contribution >= 0.6 is 0 Å². The molecule has 1 heterocycles. The van der Waals surface area contributed by atoms with Gasteiger partial charge in [0.2, 0.25) is 5.82 Å². The van der Waals surface area contributed by atoms with Gasteiger partial charge in [-0.05, 0) is 12.3 Å². The van der Waals surface area contributed by atoms with E-state index in [1.54, 1.807) is 6.08 Å². The van der Waals surface area contributed by atoms with Crippen molar-refractivity contribution in [2.24, 2.45) is 5.92 Å². The molecule has 0 amide bonds. The van der Waals surface area contributed by atoms with E-state index in [-0.39, 0.29) is 17.4 Å². The second-order valence-electron chi connectivity index (χ2n) is 5.02. The summed E-state index contributed by atoms with van der Waals surface area (Å²) in [5.41, 5.74) is -0.224. The molecular weight excluding hydrogens is 272 g/mol. The molecule has 0 aliphatic heterocycles. The van der Waals surface area contributed by atoms with Crippen LogP contribution in [-0.2, 0) is 6.42 Å². The minimum Gasteiger partial charge on any atom is -0.473 e. The molecule has 1 aromatic rings. The topological polar surface area (TPSA) is 90.2 Å². The molecule has 0 atom stereocenters. The van der Waals surface area contributed by atoms with Gasteiger partial charge >= 0.3 is 5.69 Å². The summed E-state index contributed by atoms with van der Waals surface area (Å²) < 4.78 is 5.43. The first-order chi connectivity index (χ1) is 9.99. The molecular formula is C14H22N4O3. The molecule has 0 radical (unpaired) electrons. The summed E-state index contributed by atoms with van der Waals surface area (Å²) in [6.45, 7) is 10.3. The lowest BCUT2D eigenvalue weighted by Crippen LogP contribution is -2.12. The van der Waals surface area contributed by atoms with Gasteiger partial charge in [-0.1, -0.05) is 26.8 Å². The Kier molecular flexibility index (Phi) is 6.58. The van der Waals surface area contributed by atoms with Crippen LogP contribution in [0.2, 0.25) is 0 Å². The van der Waals surface area contributed by atoms with Crippen molar-refractivity contribution in [3.8, 4) is 5.88 Å². The zero-order valence-corrected chi connectivity index (χ0v) is 12.8. The van der Waals surface area contributed by atoms with Crippen LogP contribution in [0.3, 0.4) is 0 Å². The highest BCUT2D eigenvalue weighted by Crippen LogP contribution is 2.32. The van der Waals surface area contributed by atoms with Crippen molar-refractivity contribution in [3.05, 3.63) is 28.6 Å². The van der Waals surface area contributed by atoms with Crippen LogP contribution < -0.4 is 10.1 Å². The van der Waals surface area contributed by atoms with E-state index in [9.17, 15) is 10.1 Å². The number of aromatic nitrogens is 2. The van der Waals surface area contributed by atoms with Crippen molar-refractivity contribution in [3.63, 3.8) is 0 Å². The summed E-state index contributed by atoms with van der Waals surface area (Å²) in [5.74, 6) is 1.08. The lowest BCUT2D eigenvalue weighted by Gasteiger charge is -2.11. The fourth-order valence-electron chi connectivity index (χ4n) is 1.69. The minimum absolute atomic E-state index is 0.0269. The second-order valence-corrected chi connectivity index (χ2v) is 5.02. The third-order valence-electron chi connectivity index (χ3n) is 2.53. The van der Waals surface area contributed by atoms with Gasteiger partial charge in [0.25, 0.3) is 5.88 Å². The summed E-state index contributed by atoms with van der Waals surface area (Å²) in [4.78, 5) is 19.2. The normalized spacial score (nSPS) is 10.5. The van der Waals surface area contributed by atoms with Gasteiger partial charge in [-0.3, -0.25) is 10.1 Å². The predicted molar refractivity (Wildman–Crippen MR) is 81.7 cm³/mol. The van der Waals surface area contributed by atoms with Crippen molar-refractivity contribution in [2.75, 3.05) is 18.5 Å². The monoisotopic (exact) mass is 294 g/mol. The van der Waals surface area contributed by atoms with Crippen LogP contribution in [0.5, 0.6) is 5.88 Å². The largest absolute Gasteiger partial charge is 0.473 e. The lowest BCUT2D eigenvalue weighted by molar-refractivity contribution is -0.385. The zero-order chi connectivity index (χ0) is 15.8. The van der Waals surface area contributed by atoms with E-state index >= 15 is 0 Å². The number of nitrogens with zero attached hydrogens (tertiary/aromatic N) is 3. The Hall–Kier alpha value is -2.18. The highest BCUT2D eigenvalue weighted by Gasteiger charge is 2.26. The molecule has 0 aromatic carbocycles. The summed E-state index contributed by atoms with van der Waals surface area (Å²) in [6, 6.07) is 0. The Balaban J connectivity index is 3.26. The van der Waals surface area contributed by atoms with Gasteiger partial charge in [-0.15, -0.1) is 6.58 Å². The zero-order valence-electron chi connectivity index (χ0n) is 12.8. The standard InChI is InChI=1S/C14H22N4O3/c1-5-7-15-13-12(18(19)20)14(21-8-6-2)17-11(16-13)9-10(3)4/h5,10H,1,6-9H2,2-4H3,(H,15,16,17). The Bertz CT molecular complexity index is 503. The molecule has 0 aliphatic rings. The first kappa shape index (κ1) is 16.9. The molecule has 1 rings (SSSR count). The third-order valence-corrected chi connectivity index (χ3v) is 2.53. The van der Waals surface area contributed by atoms with Crippen LogP contribution in [0, 0.1) is 16.0 Å². The molecule has 0 saturated carbocycles. The molecule has 1 aromatic heterocycles. The Morgan fingerprint density at radius 2 is 2.19 bits per heavy atom. The fraction of sp³-hybridized carbons (Fsp3) is 0.571. The highest BCUT2D eigenvalue weighted by atomic mass is 16.6. The molecule has 0 spiro atoms. The first-order valence-electron chi connectivity index (χ1n) is 7.02. The van der Waals surface area contributed by atoms with Crippen molar-refractivity contribution in [2.45, 2.75) is 33.6 Å². The second kappa shape index (κ2) is 8.18. The van der Waals surface area contributed by atoms with Gasteiger partial charge in [-0.2, -0.15) is 4.98 Å². The smallest absolute Gasteiger partial charge is 0.372 e. The molecule has 21 heavy (non-hydrogen) atoms. The maximum atomic E-state index is 11.3. The average molecular weight is 294 g/mol. The van der Waals surface area contributed by atoms with Crippen molar-refractivity contribution in [1.82, 2.24) is 9.97 Å². The average Bonchev–Trinajstić information content (AvgIpc) is 2.41. The molecule has 116 valence electrons. The van der Waals surface area contributed by atoms with Gasteiger partial charge in [0.1, 0.15) is 5.82 Å². The SMILES string of the molecule is C=CCNc1nc(CC(C)C)nc(OCCC)c1[N+](=O)[O-]. The minimum atomic E-state index is -0.518. The number of rotatable bonds is 9. The predicted octanol–water partition coefficient (Wildman–Crippen LogP) is 2.97. The van der Waals surface area contributed by atoms with E-state index < -0.39 is 4.92 Å². The molecule has 7 nitrogen and oxygen atoms in total. The Morgan fingerprint density at radius 1 is 1.48 bits per heavy atom. The molecule has 0 aliphatic carbocycles. The number of hydrogen-bond donors (Lipinski definition) is 1. The van der Waals surface area contributed by atoms with E-state index in [1.807, 2.05) is 20.8 Å². The number of nitrogens with one attached hydrogen (secondary N) is 1. The third kappa shape index (κ3) is 5.02. The molecule has 0 unspecified atom stereocenters. The summed E-state index contributed by atoms with van der Waals surface area (Å²) in [6.07, 6.45) is 2.99. The highest BCUT2D eigenvalue weighted by molar-refractivity contribution is 5.62. The molecule has 7 heteroatoms. The first-order valence-corrected chi connectivity index (χ1v) is 7.02. The molecule has 0 fully saturated rings. The maximum Gasteiger partial charge on any atom is 0.372 e. The van der Waals surface area contributed by atoms with Gasteiger partial charge in [0.05, 0.1) is 11.5 Å². The van der Waals surface area contributed by atoms with Crippen LogP contribution in [0.15, 0.2) is 12.7 Å². The number of nitro groups is 1. The van der Waals surface area contributed by atoms with Gasteiger partial charge < -0.3 is 10.1 Å². The summed E-state index contributed by atoms with van der Waals surface area (Å²) in [7, 11) is 0. The van der Waals surface area contributed by atoms with E-state index in [2.05, 4.69) is 21.9 Å². The lowest BCUT2D eigenvalue weighted by atomic mass is 10.1. The summed E-state index contributed by atoms with van der Waals surface area (Å²) in [5, 5.41) is 14.2. The number of ether oxygens (including phenoxy) is 1. The van der Waals surface area contributed by atoms with Gasteiger partial charge in [0, 0.05) is 13.0 Å². The van der Waals surface area contributed by atoms with Crippen LogP contribution in [0.4, 0.5) is 11.5 Å². The molecule has 1 N–H and O–H groups in total. The number of anilines is 1. The Morgan fingerprint density at radius 3 is 2.71 bits per heavy atom. The number of hydrogen-bond acceptors (Lipinski definition) is 6. The van der Waals surface area contributed by atoms with Crippen LogP contribution in [-0.4, -0.2) is 28.0 Å². The van der Waals surface area contributed by atoms with E-state index in [0.29, 0.717) is 31.3 Å².